The van der Waals surface area contributed by atoms with Crippen LogP contribution in [0.3, 0.4) is 0 Å². The molecular formula is C55H105NO8. The van der Waals surface area contributed by atoms with Crippen LogP contribution in [0.25, 0.3) is 0 Å². The number of carbonyl (C=O) groups excluding carboxylic acids is 3. The number of ether oxygens (including phenoxy) is 4. The SMILES string of the molecule is CCCCCCCCC/C=C\CCCCCCCC(=O)OC(COC(=O)CCCCCCCCCCCCCCCCCCCCCCCCC)COC(OCC[N+](C)(C)C)C(=O)[O-]. The van der Waals surface area contributed by atoms with Gasteiger partial charge >= 0.3 is 11.9 Å². The predicted molar refractivity (Wildman–Crippen MR) is 265 cm³/mol. The highest BCUT2D eigenvalue weighted by Crippen LogP contribution is 2.17. The number of hydrogen-bond acceptors (Lipinski definition) is 8. The van der Waals surface area contributed by atoms with Gasteiger partial charge in [-0.1, -0.05) is 225 Å². The van der Waals surface area contributed by atoms with Crippen LogP contribution in [0.2, 0.25) is 0 Å². The number of quaternary nitrogens is 1. The molecule has 0 radical (unpaired) electrons. The lowest BCUT2D eigenvalue weighted by atomic mass is 10.0. The largest absolute Gasteiger partial charge is 0.545 e. The maximum Gasteiger partial charge on any atom is 0.306 e. The van der Waals surface area contributed by atoms with Crippen molar-refractivity contribution in [3.8, 4) is 0 Å². The number of unbranched alkanes of at least 4 members (excludes halogenated alkanes) is 34. The topological polar surface area (TPSA) is 111 Å². The molecule has 0 aliphatic heterocycles. The fourth-order valence-corrected chi connectivity index (χ4v) is 8.00. The van der Waals surface area contributed by atoms with Crippen LogP contribution in [0.4, 0.5) is 0 Å². The summed E-state index contributed by atoms with van der Waals surface area (Å²) in [7, 11) is 5.92. The van der Waals surface area contributed by atoms with Crippen molar-refractivity contribution in [1.29, 1.82) is 0 Å². The van der Waals surface area contributed by atoms with Crippen molar-refractivity contribution in [2.75, 3.05) is 47.5 Å². The Morgan fingerprint density at radius 3 is 1.16 bits per heavy atom. The third-order valence-corrected chi connectivity index (χ3v) is 12.3. The monoisotopic (exact) mass is 908 g/mol. The maximum absolute atomic E-state index is 12.8. The molecule has 0 aromatic heterocycles. The normalized spacial score (nSPS) is 12.8. The van der Waals surface area contributed by atoms with Crippen LogP contribution in [0, 0.1) is 0 Å². The quantitative estimate of drug-likeness (QED) is 0.0195. The molecule has 2 atom stereocenters. The standard InChI is InChI=1S/C55H105NO8/c1-6-8-10-12-14-16-18-20-22-24-25-26-27-28-29-30-32-33-35-37-39-41-43-45-52(57)62-49-51(50-63-55(54(59)60)61-48-47-56(3,4)5)64-53(58)46-44-42-40-38-36-34-31-23-21-19-17-15-13-11-9-7-2/h23,31,51,55H,6-22,24-30,32-50H2,1-5H3/b31-23-. The number of nitrogens with zero attached hydrogens (tertiary/aromatic N) is 1. The molecule has 9 heteroatoms. The Hall–Kier alpha value is -1.97. The van der Waals surface area contributed by atoms with Crippen molar-refractivity contribution in [2.45, 2.75) is 277 Å². The van der Waals surface area contributed by atoms with E-state index in [4.69, 9.17) is 18.9 Å². The Morgan fingerprint density at radius 1 is 0.453 bits per heavy atom. The van der Waals surface area contributed by atoms with Crippen molar-refractivity contribution in [1.82, 2.24) is 0 Å². The highest BCUT2D eigenvalue weighted by molar-refractivity contribution is 5.70. The number of carbonyl (C=O) groups is 3. The van der Waals surface area contributed by atoms with Gasteiger partial charge in [0.1, 0.15) is 13.2 Å². The first-order valence-electron chi connectivity index (χ1n) is 27.3. The minimum atomic E-state index is -1.62. The summed E-state index contributed by atoms with van der Waals surface area (Å²) in [6, 6.07) is 0. The van der Waals surface area contributed by atoms with Crippen molar-refractivity contribution in [2.24, 2.45) is 0 Å². The second-order valence-electron chi connectivity index (χ2n) is 19.9. The zero-order valence-corrected chi connectivity index (χ0v) is 42.9. The fraction of sp³-hybridized carbons (Fsp3) is 0.909. The number of esters is 2. The summed E-state index contributed by atoms with van der Waals surface area (Å²) >= 11 is 0. The van der Waals surface area contributed by atoms with Crippen LogP contribution in [-0.4, -0.2) is 82.3 Å². The molecule has 0 aromatic rings. The number of allylic oxidation sites excluding steroid dienone is 2. The van der Waals surface area contributed by atoms with Crippen LogP contribution >= 0.6 is 0 Å². The summed E-state index contributed by atoms with van der Waals surface area (Å²) in [5.41, 5.74) is 0. The Bertz CT molecular complexity index is 1060. The Balaban J connectivity index is 4.23. The zero-order chi connectivity index (χ0) is 47.0. The van der Waals surface area contributed by atoms with Crippen molar-refractivity contribution in [3.63, 3.8) is 0 Å². The van der Waals surface area contributed by atoms with Crippen LogP contribution in [0.1, 0.15) is 264 Å². The van der Waals surface area contributed by atoms with Gasteiger partial charge < -0.3 is 33.3 Å². The minimum absolute atomic E-state index is 0.149. The molecule has 0 rings (SSSR count). The molecule has 9 nitrogen and oxygen atoms in total. The Morgan fingerprint density at radius 2 is 0.797 bits per heavy atom. The summed E-state index contributed by atoms with van der Waals surface area (Å²) in [5, 5.41) is 11.7. The third-order valence-electron chi connectivity index (χ3n) is 12.3. The second kappa shape index (κ2) is 47.5. The van der Waals surface area contributed by atoms with Gasteiger partial charge in [0.05, 0.1) is 40.3 Å². The average Bonchev–Trinajstić information content (AvgIpc) is 3.26. The lowest BCUT2D eigenvalue weighted by Gasteiger charge is -2.26. The summed E-state index contributed by atoms with van der Waals surface area (Å²) < 4.78 is 22.7. The molecule has 0 saturated carbocycles. The molecule has 0 heterocycles. The smallest absolute Gasteiger partial charge is 0.306 e. The summed E-state index contributed by atoms with van der Waals surface area (Å²) in [4.78, 5) is 37.2. The lowest BCUT2D eigenvalue weighted by Crippen LogP contribution is -2.44. The van der Waals surface area contributed by atoms with Gasteiger partial charge in [0.2, 0.25) is 0 Å². The van der Waals surface area contributed by atoms with Gasteiger partial charge in [-0.3, -0.25) is 9.59 Å². The Labute approximate surface area is 395 Å². The van der Waals surface area contributed by atoms with E-state index in [-0.39, 0.29) is 32.2 Å². The van der Waals surface area contributed by atoms with Crippen molar-refractivity contribution in [3.05, 3.63) is 12.2 Å². The minimum Gasteiger partial charge on any atom is -0.545 e. The van der Waals surface area contributed by atoms with Gasteiger partial charge in [-0.05, 0) is 38.5 Å². The van der Waals surface area contributed by atoms with E-state index in [9.17, 15) is 19.5 Å². The molecule has 0 aromatic carbocycles. The number of rotatable bonds is 51. The predicted octanol–water partition coefficient (Wildman–Crippen LogP) is 14.1. The van der Waals surface area contributed by atoms with Crippen molar-refractivity contribution < 1.29 is 42.9 Å². The molecule has 0 aliphatic rings. The Kier molecular flexibility index (Phi) is 46.1. The molecule has 0 saturated heterocycles. The molecule has 0 aliphatic carbocycles. The molecule has 0 spiro atoms. The highest BCUT2D eigenvalue weighted by Gasteiger charge is 2.22. The fourth-order valence-electron chi connectivity index (χ4n) is 8.00. The number of carboxylic acids is 1. The number of likely N-dealkylation sites (N-methyl/N-ethyl adjacent to an activating group) is 1. The number of hydrogen-bond donors (Lipinski definition) is 0. The van der Waals surface area contributed by atoms with Crippen LogP contribution in [0.5, 0.6) is 0 Å². The first-order chi connectivity index (χ1) is 31.1. The van der Waals surface area contributed by atoms with Gasteiger partial charge in [0.25, 0.3) is 0 Å². The first kappa shape index (κ1) is 62.0. The molecule has 0 bridgehead atoms. The van der Waals surface area contributed by atoms with E-state index in [0.717, 1.165) is 51.4 Å². The first-order valence-corrected chi connectivity index (χ1v) is 27.3. The van der Waals surface area contributed by atoms with E-state index in [1.165, 1.54) is 180 Å². The van der Waals surface area contributed by atoms with E-state index >= 15 is 0 Å². The van der Waals surface area contributed by atoms with Crippen LogP contribution in [0.15, 0.2) is 12.2 Å². The molecule has 0 fully saturated rings. The second-order valence-corrected chi connectivity index (χ2v) is 19.9. The van der Waals surface area contributed by atoms with E-state index in [2.05, 4.69) is 26.0 Å². The van der Waals surface area contributed by atoms with Gasteiger partial charge in [0, 0.05) is 12.8 Å². The van der Waals surface area contributed by atoms with Gasteiger partial charge in [-0.2, -0.15) is 0 Å². The molecule has 0 N–H and O–H groups in total. The molecular weight excluding hydrogens is 803 g/mol. The van der Waals surface area contributed by atoms with Gasteiger partial charge in [0.15, 0.2) is 12.4 Å². The van der Waals surface area contributed by atoms with E-state index in [1.54, 1.807) is 0 Å². The molecule has 2 unspecified atom stereocenters. The number of aliphatic carboxylic acids is 1. The highest BCUT2D eigenvalue weighted by atomic mass is 16.7. The third kappa shape index (κ3) is 48.0. The zero-order valence-electron chi connectivity index (χ0n) is 42.9. The van der Waals surface area contributed by atoms with E-state index < -0.39 is 24.3 Å². The van der Waals surface area contributed by atoms with Crippen LogP contribution in [-0.2, 0) is 33.3 Å². The summed E-state index contributed by atoms with van der Waals surface area (Å²) in [6.07, 6.45) is 49.7. The van der Waals surface area contributed by atoms with Gasteiger partial charge in [-0.15, -0.1) is 0 Å². The van der Waals surface area contributed by atoms with Gasteiger partial charge in [-0.25, -0.2) is 0 Å². The summed E-state index contributed by atoms with van der Waals surface area (Å²) in [6.45, 7) is 4.78. The van der Waals surface area contributed by atoms with Crippen LogP contribution < -0.4 is 5.11 Å². The van der Waals surface area contributed by atoms with Crippen molar-refractivity contribution >= 4 is 17.9 Å². The molecule has 64 heavy (non-hydrogen) atoms. The molecule has 378 valence electrons. The lowest BCUT2D eigenvalue weighted by molar-refractivity contribution is -0.870. The van der Waals surface area contributed by atoms with E-state index in [1.807, 2.05) is 21.1 Å². The molecule has 0 amide bonds. The number of carboxylic acid groups (broad SMARTS) is 1. The maximum atomic E-state index is 12.8. The van der Waals surface area contributed by atoms with E-state index in [0.29, 0.717) is 23.9 Å². The average molecular weight is 908 g/mol. The summed E-state index contributed by atoms with van der Waals surface area (Å²) in [5.74, 6) is -2.27.